The van der Waals surface area contributed by atoms with Gasteiger partial charge in [0.05, 0.1) is 0 Å². The molecule has 0 bridgehead atoms. The van der Waals surface area contributed by atoms with Crippen molar-refractivity contribution < 1.29 is 28.6 Å². The van der Waals surface area contributed by atoms with Crippen molar-refractivity contribution in [1.29, 1.82) is 0 Å². The van der Waals surface area contributed by atoms with Crippen LogP contribution in [0.4, 0.5) is 0 Å². The Bertz CT molecular complexity index is 1550. The van der Waals surface area contributed by atoms with Crippen LogP contribution in [0.2, 0.25) is 0 Å². The molecule has 0 heterocycles. The summed E-state index contributed by atoms with van der Waals surface area (Å²) in [5.74, 6) is -1.01. The number of ether oxygens (including phenoxy) is 3. The van der Waals surface area contributed by atoms with Crippen LogP contribution in [-0.4, -0.2) is 37.2 Å². The predicted octanol–water partition coefficient (Wildman–Crippen LogP) is 19.4. The number of carbonyl (C=O) groups excluding carboxylic acids is 3. The van der Waals surface area contributed by atoms with Gasteiger partial charge in [-0.1, -0.05) is 251 Å². The Balaban J connectivity index is 4.56. The van der Waals surface area contributed by atoms with Gasteiger partial charge in [-0.05, 0) is 103 Å². The first-order chi connectivity index (χ1) is 35.0. The van der Waals surface area contributed by atoms with Gasteiger partial charge in [-0.15, -0.1) is 0 Å². The van der Waals surface area contributed by atoms with Crippen molar-refractivity contribution in [3.8, 4) is 0 Å². The van der Waals surface area contributed by atoms with Gasteiger partial charge in [-0.25, -0.2) is 0 Å². The minimum Gasteiger partial charge on any atom is -0.462 e. The molecule has 6 heteroatoms. The fraction of sp³-hybridized carbons (Fsp3) is 0.615. The third-order valence-electron chi connectivity index (χ3n) is 11.7. The third-order valence-corrected chi connectivity index (χ3v) is 11.7. The molecule has 1 atom stereocenters. The molecule has 0 spiro atoms. The summed E-state index contributed by atoms with van der Waals surface area (Å²) in [4.78, 5) is 38.2. The zero-order valence-electron chi connectivity index (χ0n) is 45.7. The fourth-order valence-corrected chi connectivity index (χ4v) is 7.44. The lowest BCUT2D eigenvalue weighted by atomic mass is 10.1. The van der Waals surface area contributed by atoms with Gasteiger partial charge in [0.2, 0.25) is 0 Å². The van der Waals surface area contributed by atoms with Gasteiger partial charge in [0.15, 0.2) is 6.10 Å². The minimum atomic E-state index is -0.822. The molecule has 71 heavy (non-hydrogen) atoms. The van der Waals surface area contributed by atoms with Crippen molar-refractivity contribution in [2.75, 3.05) is 13.2 Å². The molecule has 0 radical (unpaired) electrons. The van der Waals surface area contributed by atoms with E-state index >= 15 is 0 Å². The Kier molecular flexibility index (Phi) is 54.5. The Morgan fingerprint density at radius 3 is 1.11 bits per heavy atom. The Morgan fingerprint density at radius 1 is 0.310 bits per heavy atom. The van der Waals surface area contributed by atoms with Gasteiger partial charge in [-0.2, -0.15) is 0 Å². The summed E-state index contributed by atoms with van der Waals surface area (Å²) < 4.78 is 16.8. The van der Waals surface area contributed by atoms with Crippen LogP contribution in [0.15, 0.2) is 134 Å². The molecule has 0 aromatic heterocycles. The van der Waals surface area contributed by atoms with E-state index in [4.69, 9.17) is 14.2 Å². The standard InChI is InChI=1S/C65H104O6/c1-4-7-10-13-16-19-22-25-28-31-34-37-40-43-46-49-52-55-58-64(67)70-61-62(60-69-63(66)57-54-51-48-45-42-39-36-33-30-27-24-21-18-15-12-9-6-3)71-65(68)59-56-53-50-47-44-41-38-35-32-29-26-23-20-17-14-11-8-5-2/h9-10,12-13,16,18-19,21-22,25,27-28,30-31,34-39,45,48,62H,4-8,11,14-15,17,20,23-24,26,29,32-33,40-44,46-47,49-61H2,1-3H3/b12-9-,13-10-,19-16-,21-18-,25-22-,30-27-,31-28-,37-34-,38-35-,39-36-,48-45-. The summed E-state index contributed by atoms with van der Waals surface area (Å²) in [7, 11) is 0. The maximum atomic E-state index is 12.9. The van der Waals surface area contributed by atoms with E-state index in [0.717, 1.165) is 116 Å². The highest BCUT2D eigenvalue weighted by molar-refractivity contribution is 5.71. The van der Waals surface area contributed by atoms with Gasteiger partial charge in [0, 0.05) is 19.3 Å². The molecule has 0 amide bonds. The quantitative estimate of drug-likeness (QED) is 0.0199. The van der Waals surface area contributed by atoms with Crippen molar-refractivity contribution in [3.63, 3.8) is 0 Å². The number of hydrogen-bond acceptors (Lipinski definition) is 6. The van der Waals surface area contributed by atoms with Gasteiger partial charge < -0.3 is 14.2 Å². The Hall–Kier alpha value is -4.45. The molecule has 400 valence electrons. The smallest absolute Gasteiger partial charge is 0.306 e. The molecule has 0 aliphatic heterocycles. The largest absolute Gasteiger partial charge is 0.462 e. The van der Waals surface area contributed by atoms with E-state index in [0.29, 0.717) is 19.3 Å². The molecule has 0 saturated carbocycles. The van der Waals surface area contributed by atoms with Gasteiger partial charge >= 0.3 is 17.9 Å². The van der Waals surface area contributed by atoms with E-state index < -0.39 is 6.10 Å². The molecule has 0 saturated heterocycles. The second kappa shape index (κ2) is 58.1. The number of hydrogen-bond donors (Lipinski definition) is 0. The number of carbonyl (C=O) groups is 3. The predicted molar refractivity (Wildman–Crippen MR) is 306 cm³/mol. The first kappa shape index (κ1) is 66.6. The number of allylic oxidation sites excluding steroid dienone is 22. The van der Waals surface area contributed by atoms with E-state index in [-0.39, 0.29) is 37.5 Å². The molecule has 1 unspecified atom stereocenters. The highest BCUT2D eigenvalue weighted by Gasteiger charge is 2.19. The molecular formula is C65H104O6. The summed E-state index contributed by atoms with van der Waals surface area (Å²) in [5.41, 5.74) is 0. The second-order valence-electron chi connectivity index (χ2n) is 18.6. The molecule has 0 N–H and O–H groups in total. The van der Waals surface area contributed by atoms with E-state index in [9.17, 15) is 14.4 Å². The molecule has 0 aromatic carbocycles. The molecule has 0 aliphatic carbocycles. The van der Waals surface area contributed by atoms with Crippen LogP contribution < -0.4 is 0 Å². The van der Waals surface area contributed by atoms with Crippen LogP contribution in [0.5, 0.6) is 0 Å². The molecule has 6 nitrogen and oxygen atoms in total. The van der Waals surface area contributed by atoms with Crippen molar-refractivity contribution in [3.05, 3.63) is 134 Å². The highest BCUT2D eigenvalue weighted by atomic mass is 16.6. The topological polar surface area (TPSA) is 78.9 Å². The number of esters is 3. The Labute approximate surface area is 436 Å². The average Bonchev–Trinajstić information content (AvgIpc) is 3.37. The maximum absolute atomic E-state index is 12.9. The maximum Gasteiger partial charge on any atom is 0.306 e. The van der Waals surface area contributed by atoms with E-state index in [2.05, 4.69) is 130 Å². The lowest BCUT2D eigenvalue weighted by Crippen LogP contribution is -2.30. The van der Waals surface area contributed by atoms with Gasteiger partial charge in [-0.3, -0.25) is 14.4 Å². The van der Waals surface area contributed by atoms with Crippen LogP contribution in [0, 0.1) is 0 Å². The summed E-state index contributed by atoms with van der Waals surface area (Å²) >= 11 is 0. The van der Waals surface area contributed by atoms with Crippen molar-refractivity contribution in [2.24, 2.45) is 0 Å². The molecule has 0 rings (SSSR count). The summed E-state index contributed by atoms with van der Waals surface area (Å²) in [5, 5.41) is 0. The van der Waals surface area contributed by atoms with Crippen LogP contribution in [0.25, 0.3) is 0 Å². The third kappa shape index (κ3) is 56.3. The summed E-state index contributed by atoms with van der Waals surface area (Å²) in [6.45, 7) is 6.36. The van der Waals surface area contributed by atoms with Crippen LogP contribution in [-0.2, 0) is 28.6 Å². The number of unbranched alkanes of at least 4 members (excludes halogenated alkanes) is 21. The van der Waals surface area contributed by atoms with Crippen LogP contribution in [0.3, 0.4) is 0 Å². The summed E-state index contributed by atoms with van der Waals surface area (Å²) in [6, 6.07) is 0. The normalized spacial score (nSPS) is 13.1. The zero-order chi connectivity index (χ0) is 51.4. The molecule has 0 aliphatic rings. The second-order valence-corrected chi connectivity index (χ2v) is 18.6. The lowest BCUT2D eigenvalue weighted by molar-refractivity contribution is -0.167. The molecule has 0 fully saturated rings. The molecule has 0 aromatic rings. The van der Waals surface area contributed by atoms with Crippen LogP contribution >= 0.6 is 0 Å². The van der Waals surface area contributed by atoms with E-state index in [1.54, 1.807) is 0 Å². The van der Waals surface area contributed by atoms with Crippen molar-refractivity contribution in [1.82, 2.24) is 0 Å². The van der Waals surface area contributed by atoms with Crippen molar-refractivity contribution >= 4 is 17.9 Å². The lowest BCUT2D eigenvalue weighted by Gasteiger charge is -2.18. The number of rotatable bonds is 50. The van der Waals surface area contributed by atoms with E-state index in [1.807, 2.05) is 24.3 Å². The average molecular weight is 982 g/mol. The Morgan fingerprint density at radius 2 is 0.648 bits per heavy atom. The first-order valence-electron chi connectivity index (χ1n) is 28.8. The van der Waals surface area contributed by atoms with Gasteiger partial charge in [0.25, 0.3) is 0 Å². The first-order valence-corrected chi connectivity index (χ1v) is 28.8. The van der Waals surface area contributed by atoms with Crippen molar-refractivity contribution in [2.45, 2.75) is 245 Å². The summed E-state index contributed by atoms with van der Waals surface area (Å²) in [6.07, 6.45) is 81.5. The monoisotopic (exact) mass is 981 g/mol. The minimum absolute atomic E-state index is 0.117. The zero-order valence-corrected chi connectivity index (χ0v) is 45.7. The fourth-order valence-electron chi connectivity index (χ4n) is 7.44. The SMILES string of the molecule is CC/C=C\C/C=C\C/C=C\C/C=C\C/C=C\CCCC(=O)OCC(COC(=O)CCCCCCC\C=C/C=C\C=C/C=C\C=C/CCC)OC(=O)CCCCCCC/C=C\CCCCCCCCCCC. The highest BCUT2D eigenvalue weighted by Crippen LogP contribution is 2.14. The van der Waals surface area contributed by atoms with Gasteiger partial charge in [0.1, 0.15) is 13.2 Å². The molecular weight excluding hydrogens is 877 g/mol. The van der Waals surface area contributed by atoms with E-state index in [1.165, 1.54) is 77.0 Å². The van der Waals surface area contributed by atoms with Crippen LogP contribution in [0.1, 0.15) is 239 Å².